The van der Waals surface area contributed by atoms with E-state index in [1.807, 2.05) is 25.1 Å². The lowest BCUT2D eigenvalue weighted by Gasteiger charge is -2.08. The van der Waals surface area contributed by atoms with E-state index in [1.165, 1.54) is 0 Å². The topological polar surface area (TPSA) is 43.1 Å². The van der Waals surface area contributed by atoms with Gasteiger partial charge in [-0.05, 0) is 30.5 Å². The van der Waals surface area contributed by atoms with Gasteiger partial charge in [0.2, 0.25) is 0 Å². The highest BCUT2D eigenvalue weighted by molar-refractivity contribution is 7.85. The zero-order valence-electron chi connectivity index (χ0n) is 8.91. The Kier molecular flexibility index (Phi) is 3.69. The average Bonchev–Trinajstić information content (AvgIpc) is 2.08. The molecule has 0 aliphatic carbocycles. The van der Waals surface area contributed by atoms with Crippen LogP contribution in [0.2, 0.25) is 0 Å². The molecule has 1 unspecified atom stereocenters. The molecule has 0 bridgehead atoms. The van der Waals surface area contributed by atoms with E-state index >= 15 is 0 Å². The van der Waals surface area contributed by atoms with Crippen LogP contribution in [-0.4, -0.2) is 9.96 Å². The number of hydrogen-bond acceptors (Lipinski definition) is 2. The first-order valence-corrected chi connectivity index (χ1v) is 6.07. The summed E-state index contributed by atoms with van der Waals surface area (Å²) in [7, 11) is -0.960. The van der Waals surface area contributed by atoms with E-state index in [1.54, 1.807) is 0 Å². The Morgan fingerprint density at radius 1 is 1.43 bits per heavy atom. The van der Waals surface area contributed by atoms with Gasteiger partial charge in [0.05, 0.1) is 15.7 Å². The van der Waals surface area contributed by atoms with Crippen LogP contribution in [0.15, 0.2) is 23.1 Å². The highest BCUT2D eigenvalue weighted by atomic mass is 32.2. The molecule has 0 aromatic heterocycles. The summed E-state index contributed by atoms with van der Waals surface area (Å²) >= 11 is 0. The smallest absolute Gasteiger partial charge is 0.0620 e. The summed E-state index contributed by atoms with van der Waals surface area (Å²) < 4.78 is 11.9. The molecule has 0 amide bonds. The minimum atomic E-state index is -0.960. The Morgan fingerprint density at radius 2 is 2.07 bits per heavy atom. The Balaban J connectivity index is 2.94. The second-order valence-corrected chi connectivity index (χ2v) is 5.41. The normalized spacial score (nSPS) is 13.1. The summed E-state index contributed by atoms with van der Waals surface area (Å²) in [5.74, 6) is 1.10. The summed E-state index contributed by atoms with van der Waals surface area (Å²) in [6.07, 6.45) is 0. The molecular weight excluding hydrogens is 194 g/mol. The maximum atomic E-state index is 11.9. The molecule has 1 rings (SSSR count). The SMILES string of the molecule is Cc1ccc(N)c(S(=O)CC(C)C)c1. The molecule has 0 aliphatic rings. The van der Waals surface area contributed by atoms with Gasteiger partial charge in [-0.3, -0.25) is 4.21 Å². The predicted molar refractivity (Wildman–Crippen MR) is 61.7 cm³/mol. The van der Waals surface area contributed by atoms with Crippen molar-refractivity contribution in [1.82, 2.24) is 0 Å². The second kappa shape index (κ2) is 4.60. The molecule has 1 aromatic carbocycles. The van der Waals surface area contributed by atoms with Gasteiger partial charge < -0.3 is 5.73 Å². The average molecular weight is 211 g/mol. The Hall–Kier alpha value is -0.830. The molecule has 1 atom stereocenters. The van der Waals surface area contributed by atoms with Gasteiger partial charge in [0.15, 0.2) is 0 Å². The van der Waals surface area contributed by atoms with Gasteiger partial charge in [0, 0.05) is 11.4 Å². The molecule has 3 heteroatoms. The summed E-state index contributed by atoms with van der Waals surface area (Å²) in [6.45, 7) is 6.10. The van der Waals surface area contributed by atoms with Gasteiger partial charge in [0.25, 0.3) is 0 Å². The third-order valence-corrected chi connectivity index (χ3v) is 3.71. The third-order valence-electron chi connectivity index (χ3n) is 1.90. The molecule has 0 radical (unpaired) electrons. The minimum Gasteiger partial charge on any atom is -0.398 e. The van der Waals surface area contributed by atoms with Crippen LogP contribution in [-0.2, 0) is 10.8 Å². The zero-order chi connectivity index (χ0) is 10.7. The monoisotopic (exact) mass is 211 g/mol. The highest BCUT2D eigenvalue weighted by Gasteiger charge is 2.09. The van der Waals surface area contributed by atoms with E-state index in [-0.39, 0.29) is 0 Å². The number of nitrogen functional groups attached to an aromatic ring is 1. The van der Waals surface area contributed by atoms with Gasteiger partial charge in [-0.15, -0.1) is 0 Å². The standard InChI is InChI=1S/C11H17NOS/c1-8(2)7-14(13)11-6-9(3)4-5-10(11)12/h4-6,8H,7,12H2,1-3H3. The number of benzene rings is 1. The van der Waals surface area contributed by atoms with Gasteiger partial charge in [0.1, 0.15) is 0 Å². The fourth-order valence-electron chi connectivity index (χ4n) is 1.23. The van der Waals surface area contributed by atoms with Gasteiger partial charge in [-0.25, -0.2) is 0 Å². The molecule has 78 valence electrons. The van der Waals surface area contributed by atoms with E-state index in [4.69, 9.17) is 5.73 Å². The van der Waals surface area contributed by atoms with E-state index in [0.29, 0.717) is 17.4 Å². The molecule has 0 saturated heterocycles. The lowest BCUT2D eigenvalue weighted by atomic mass is 10.2. The fraction of sp³-hybridized carbons (Fsp3) is 0.455. The Morgan fingerprint density at radius 3 is 2.64 bits per heavy atom. The van der Waals surface area contributed by atoms with Crippen molar-refractivity contribution >= 4 is 16.5 Å². The first kappa shape index (κ1) is 11.2. The van der Waals surface area contributed by atoms with Crippen LogP contribution in [0.5, 0.6) is 0 Å². The van der Waals surface area contributed by atoms with Crippen molar-refractivity contribution in [3.63, 3.8) is 0 Å². The van der Waals surface area contributed by atoms with Crippen LogP contribution in [0.4, 0.5) is 5.69 Å². The Labute approximate surface area is 88.0 Å². The summed E-state index contributed by atoms with van der Waals surface area (Å²) in [4.78, 5) is 0.777. The second-order valence-electron chi connectivity index (χ2n) is 3.95. The number of rotatable bonds is 3. The molecule has 0 spiro atoms. The van der Waals surface area contributed by atoms with Crippen LogP contribution >= 0.6 is 0 Å². The molecular formula is C11H17NOS. The van der Waals surface area contributed by atoms with Crippen LogP contribution in [0.1, 0.15) is 19.4 Å². The van der Waals surface area contributed by atoms with Crippen molar-refractivity contribution in [3.05, 3.63) is 23.8 Å². The number of aryl methyl sites for hydroxylation is 1. The molecule has 2 nitrogen and oxygen atoms in total. The van der Waals surface area contributed by atoms with Crippen molar-refractivity contribution in [2.75, 3.05) is 11.5 Å². The zero-order valence-corrected chi connectivity index (χ0v) is 9.73. The lowest BCUT2D eigenvalue weighted by Crippen LogP contribution is -2.07. The summed E-state index contributed by atoms with van der Waals surface area (Å²) in [5, 5.41) is 0. The summed E-state index contributed by atoms with van der Waals surface area (Å²) in [5.41, 5.74) is 7.51. The van der Waals surface area contributed by atoms with E-state index in [2.05, 4.69) is 13.8 Å². The Bertz CT molecular complexity index is 347. The van der Waals surface area contributed by atoms with E-state index < -0.39 is 10.8 Å². The molecule has 0 heterocycles. The number of hydrogen-bond donors (Lipinski definition) is 1. The van der Waals surface area contributed by atoms with Crippen LogP contribution in [0.25, 0.3) is 0 Å². The highest BCUT2D eigenvalue weighted by Crippen LogP contribution is 2.19. The molecule has 0 aliphatic heterocycles. The van der Waals surface area contributed by atoms with E-state index in [0.717, 1.165) is 10.5 Å². The first-order chi connectivity index (χ1) is 6.50. The van der Waals surface area contributed by atoms with Gasteiger partial charge in [-0.1, -0.05) is 19.9 Å². The molecule has 2 N–H and O–H groups in total. The fourth-order valence-corrected chi connectivity index (χ4v) is 2.66. The predicted octanol–water partition coefficient (Wildman–Crippen LogP) is 2.34. The maximum Gasteiger partial charge on any atom is 0.0620 e. The molecule has 14 heavy (non-hydrogen) atoms. The number of nitrogens with two attached hydrogens (primary N) is 1. The summed E-state index contributed by atoms with van der Waals surface area (Å²) in [6, 6.07) is 5.67. The van der Waals surface area contributed by atoms with Gasteiger partial charge >= 0.3 is 0 Å². The van der Waals surface area contributed by atoms with Crippen molar-refractivity contribution in [2.45, 2.75) is 25.7 Å². The van der Waals surface area contributed by atoms with Gasteiger partial charge in [-0.2, -0.15) is 0 Å². The van der Waals surface area contributed by atoms with Crippen molar-refractivity contribution < 1.29 is 4.21 Å². The van der Waals surface area contributed by atoms with Crippen LogP contribution in [0.3, 0.4) is 0 Å². The van der Waals surface area contributed by atoms with Crippen molar-refractivity contribution in [1.29, 1.82) is 0 Å². The third kappa shape index (κ3) is 2.84. The lowest BCUT2D eigenvalue weighted by molar-refractivity contribution is 0.665. The van der Waals surface area contributed by atoms with Crippen LogP contribution in [0, 0.1) is 12.8 Å². The minimum absolute atomic E-state index is 0.427. The molecule has 1 aromatic rings. The molecule has 0 fully saturated rings. The molecule has 0 saturated carbocycles. The quantitative estimate of drug-likeness (QED) is 0.780. The first-order valence-electron chi connectivity index (χ1n) is 4.75. The maximum absolute atomic E-state index is 11.9. The van der Waals surface area contributed by atoms with Crippen molar-refractivity contribution in [3.8, 4) is 0 Å². The van der Waals surface area contributed by atoms with Crippen molar-refractivity contribution in [2.24, 2.45) is 5.92 Å². The number of anilines is 1. The largest absolute Gasteiger partial charge is 0.398 e. The van der Waals surface area contributed by atoms with E-state index in [9.17, 15) is 4.21 Å². The van der Waals surface area contributed by atoms with Crippen LogP contribution < -0.4 is 5.73 Å².